The number of alkyl halides is 6. The number of hydrogen-bond donors (Lipinski definition) is 1. The monoisotopic (exact) mass is 389 g/mol. The number of benzene rings is 2. The smallest absolute Gasteiger partial charge is 0.325 e. The molecule has 1 unspecified atom stereocenters. The molecular weight excluding hydrogens is 372 g/mol. The summed E-state index contributed by atoms with van der Waals surface area (Å²) in [4.78, 5) is 12.7. The highest BCUT2D eigenvalue weighted by molar-refractivity contribution is 5.99. The first-order chi connectivity index (χ1) is 12.3. The number of nitrogens with one attached hydrogen (secondary N) is 1. The summed E-state index contributed by atoms with van der Waals surface area (Å²) >= 11 is 0. The lowest BCUT2D eigenvalue weighted by atomic mass is 9.78. The Morgan fingerprint density at radius 1 is 0.926 bits per heavy atom. The summed E-state index contributed by atoms with van der Waals surface area (Å²) in [6.45, 7) is 2.86. The maximum absolute atomic E-state index is 13.1. The zero-order valence-electron chi connectivity index (χ0n) is 14.5. The van der Waals surface area contributed by atoms with Crippen LogP contribution in [0.2, 0.25) is 0 Å². The van der Waals surface area contributed by atoms with Gasteiger partial charge in [0.15, 0.2) is 0 Å². The van der Waals surface area contributed by atoms with Crippen LogP contribution in [0.3, 0.4) is 0 Å². The third-order valence-electron chi connectivity index (χ3n) is 4.19. The van der Waals surface area contributed by atoms with Crippen molar-refractivity contribution in [3.8, 4) is 0 Å². The Balaban J connectivity index is 2.39. The fraction of sp³-hybridized carbons (Fsp3) is 0.316. The highest BCUT2D eigenvalue weighted by atomic mass is 19.4. The lowest BCUT2D eigenvalue weighted by Crippen LogP contribution is -2.41. The number of aryl methyl sites for hydroxylation is 1. The van der Waals surface area contributed by atoms with Crippen LogP contribution in [0.1, 0.15) is 30.0 Å². The standard InChI is InChI=1S/C19H17F6NO/c1-12-6-8-13(9-7-12)17(2,11-18(20,21)22)16(27)26-15-5-3-4-14(10-15)19(23,24)25/h3-10H,11H2,1-2H3,(H,26,27). The van der Waals surface area contributed by atoms with E-state index in [1.54, 1.807) is 19.1 Å². The van der Waals surface area contributed by atoms with Gasteiger partial charge >= 0.3 is 12.4 Å². The molecule has 1 N–H and O–H groups in total. The van der Waals surface area contributed by atoms with Gasteiger partial charge in [-0.3, -0.25) is 4.79 Å². The Bertz CT molecular complexity index is 810. The molecule has 0 bridgehead atoms. The second kappa shape index (κ2) is 7.25. The van der Waals surface area contributed by atoms with Crippen molar-refractivity contribution in [1.29, 1.82) is 0 Å². The molecule has 0 aliphatic carbocycles. The van der Waals surface area contributed by atoms with Gasteiger partial charge in [0.05, 0.1) is 17.4 Å². The molecule has 0 radical (unpaired) electrons. The van der Waals surface area contributed by atoms with Gasteiger partial charge in [-0.1, -0.05) is 35.9 Å². The largest absolute Gasteiger partial charge is 0.416 e. The van der Waals surface area contributed by atoms with Crippen LogP contribution in [0.4, 0.5) is 32.0 Å². The van der Waals surface area contributed by atoms with Crippen LogP contribution >= 0.6 is 0 Å². The first-order valence-corrected chi connectivity index (χ1v) is 7.94. The van der Waals surface area contributed by atoms with Crippen LogP contribution < -0.4 is 5.32 Å². The van der Waals surface area contributed by atoms with E-state index in [9.17, 15) is 31.1 Å². The Morgan fingerprint density at radius 2 is 1.52 bits per heavy atom. The van der Waals surface area contributed by atoms with E-state index in [2.05, 4.69) is 5.32 Å². The summed E-state index contributed by atoms with van der Waals surface area (Å²) in [5.74, 6) is -1.04. The minimum atomic E-state index is -4.65. The van der Waals surface area contributed by atoms with Crippen molar-refractivity contribution < 1.29 is 31.1 Å². The molecular formula is C19H17F6NO. The normalized spacial score (nSPS) is 14.5. The minimum Gasteiger partial charge on any atom is -0.325 e. The summed E-state index contributed by atoms with van der Waals surface area (Å²) in [5.41, 5.74) is -2.31. The highest BCUT2D eigenvalue weighted by Crippen LogP contribution is 2.38. The fourth-order valence-corrected chi connectivity index (χ4v) is 2.68. The van der Waals surface area contributed by atoms with Crippen molar-refractivity contribution in [2.45, 2.75) is 38.0 Å². The maximum atomic E-state index is 13.1. The molecule has 1 atom stereocenters. The van der Waals surface area contributed by atoms with Gasteiger partial charge in [-0.05, 0) is 37.6 Å². The van der Waals surface area contributed by atoms with E-state index in [1.807, 2.05) is 0 Å². The number of carbonyl (C=O) groups is 1. The molecule has 0 spiro atoms. The summed E-state index contributed by atoms with van der Waals surface area (Å²) in [6, 6.07) is 9.72. The van der Waals surface area contributed by atoms with Crippen molar-refractivity contribution >= 4 is 11.6 Å². The first kappa shape index (κ1) is 20.8. The fourth-order valence-electron chi connectivity index (χ4n) is 2.68. The Labute approximate surface area is 152 Å². The van der Waals surface area contributed by atoms with E-state index in [-0.39, 0.29) is 11.3 Å². The lowest BCUT2D eigenvalue weighted by molar-refractivity contribution is -0.155. The predicted molar refractivity (Wildman–Crippen MR) is 89.3 cm³/mol. The van der Waals surface area contributed by atoms with Crippen LogP contribution in [-0.4, -0.2) is 12.1 Å². The number of rotatable bonds is 4. The predicted octanol–water partition coefficient (Wildman–Crippen LogP) is 5.86. The van der Waals surface area contributed by atoms with Crippen molar-refractivity contribution in [3.05, 3.63) is 65.2 Å². The third-order valence-corrected chi connectivity index (χ3v) is 4.19. The molecule has 2 nitrogen and oxygen atoms in total. The van der Waals surface area contributed by atoms with Crippen LogP contribution in [0.15, 0.2) is 48.5 Å². The number of carbonyl (C=O) groups excluding carboxylic acids is 1. The second-order valence-corrected chi connectivity index (χ2v) is 6.52. The van der Waals surface area contributed by atoms with E-state index in [1.165, 1.54) is 18.2 Å². The van der Waals surface area contributed by atoms with Crippen molar-refractivity contribution in [1.82, 2.24) is 0 Å². The quantitative estimate of drug-likeness (QED) is 0.652. The molecule has 27 heavy (non-hydrogen) atoms. The van der Waals surface area contributed by atoms with Gasteiger partial charge in [-0.15, -0.1) is 0 Å². The molecule has 0 aliphatic rings. The summed E-state index contributed by atoms with van der Waals surface area (Å²) in [5, 5.41) is 2.19. The second-order valence-electron chi connectivity index (χ2n) is 6.52. The van der Waals surface area contributed by atoms with E-state index < -0.39 is 35.7 Å². The Hall–Kier alpha value is -2.51. The molecule has 2 aromatic carbocycles. The zero-order valence-corrected chi connectivity index (χ0v) is 14.5. The van der Waals surface area contributed by atoms with Gasteiger partial charge in [0.25, 0.3) is 0 Å². The van der Waals surface area contributed by atoms with Gasteiger partial charge in [0.2, 0.25) is 5.91 Å². The summed E-state index contributed by atoms with van der Waals surface area (Å²) in [7, 11) is 0. The van der Waals surface area contributed by atoms with Crippen LogP contribution in [-0.2, 0) is 16.4 Å². The van der Waals surface area contributed by atoms with E-state index >= 15 is 0 Å². The van der Waals surface area contributed by atoms with E-state index in [4.69, 9.17) is 0 Å². The van der Waals surface area contributed by atoms with Crippen LogP contribution in [0.25, 0.3) is 0 Å². The number of halogens is 6. The van der Waals surface area contributed by atoms with Crippen molar-refractivity contribution in [2.24, 2.45) is 0 Å². The number of anilines is 1. The summed E-state index contributed by atoms with van der Waals surface area (Å²) in [6.07, 6.45) is -10.7. The number of hydrogen-bond acceptors (Lipinski definition) is 1. The Morgan fingerprint density at radius 3 is 2.04 bits per heavy atom. The molecule has 0 saturated carbocycles. The first-order valence-electron chi connectivity index (χ1n) is 7.94. The molecule has 2 aromatic rings. The molecule has 2 rings (SSSR count). The molecule has 0 aromatic heterocycles. The lowest BCUT2D eigenvalue weighted by Gasteiger charge is -2.30. The van der Waals surface area contributed by atoms with Gasteiger partial charge in [-0.25, -0.2) is 0 Å². The van der Waals surface area contributed by atoms with Gasteiger partial charge in [0.1, 0.15) is 0 Å². The van der Waals surface area contributed by atoms with Gasteiger partial charge in [-0.2, -0.15) is 26.3 Å². The highest BCUT2D eigenvalue weighted by Gasteiger charge is 2.45. The average Bonchev–Trinajstić information content (AvgIpc) is 2.53. The molecule has 0 aliphatic heterocycles. The number of amides is 1. The molecule has 0 fully saturated rings. The average molecular weight is 389 g/mol. The molecule has 0 heterocycles. The minimum absolute atomic E-state index is 0.120. The van der Waals surface area contributed by atoms with Gasteiger partial charge in [0, 0.05) is 5.69 Å². The van der Waals surface area contributed by atoms with Crippen LogP contribution in [0.5, 0.6) is 0 Å². The van der Waals surface area contributed by atoms with E-state index in [0.29, 0.717) is 6.07 Å². The molecule has 146 valence electrons. The van der Waals surface area contributed by atoms with Crippen molar-refractivity contribution in [3.63, 3.8) is 0 Å². The maximum Gasteiger partial charge on any atom is 0.416 e. The Kier molecular flexibility index (Phi) is 5.58. The zero-order chi connectivity index (χ0) is 20.5. The SMILES string of the molecule is Cc1ccc(C(C)(CC(F)(F)F)C(=O)Nc2cccc(C(F)(F)F)c2)cc1. The molecule has 0 saturated heterocycles. The van der Waals surface area contributed by atoms with E-state index in [0.717, 1.165) is 24.6 Å². The van der Waals surface area contributed by atoms with Gasteiger partial charge < -0.3 is 5.32 Å². The topological polar surface area (TPSA) is 29.1 Å². The van der Waals surface area contributed by atoms with Crippen LogP contribution in [0, 0.1) is 6.92 Å². The van der Waals surface area contributed by atoms with Crippen molar-refractivity contribution in [2.75, 3.05) is 5.32 Å². The molecule has 8 heteroatoms. The molecule has 1 amide bonds. The summed E-state index contributed by atoms with van der Waals surface area (Å²) < 4.78 is 77.7. The third kappa shape index (κ3) is 5.24.